The van der Waals surface area contributed by atoms with Gasteiger partial charge < -0.3 is 20.1 Å². The number of hydrogen-bond donors (Lipinski definition) is 1. The third-order valence-electron chi connectivity index (χ3n) is 2.64. The van der Waals surface area contributed by atoms with Crippen molar-refractivity contribution in [1.82, 2.24) is 4.90 Å². The van der Waals surface area contributed by atoms with E-state index in [2.05, 4.69) is 0 Å². The van der Waals surface area contributed by atoms with Gasteiger partial charge in [0.05, 0.1) is 19.3 Å². The summed E-state index contributed by atoms with van der Waals surface area (Å²) in [5.41, 5.74) is 5.73. The summed E-state index contributed by atoms with van der Waals surface area (Å²) in [4.78, 5) is 13.9. The lowest BCUT2D eigenvalue weighted by atomic mass is 9.86. The fourth-order valence-corrected chi connectivity index (χ4v) is 1.30. The molecule has 0 saturated carbocycles. The van der Waals surface area contributed by atoms with Crippen LogP contribution in [0.3, 0.4) is 0 Å². The predicted octanol–water partition coefficient (Wildman–Crippen LogP) is 0.903. The first-order valence-electron chi connectivity index (χ1n) is 5.86. The maximum Gasteiger partial charge on any atom is 0.240 e. The molecule has 0 bridgehead atoms. The van der Waals surface area contributed by atoms with Gasteiger partial charge in [-0.1, -0.05) is 20.8 Å². The molecule has 0 saturated heterocycles. The zero-order valence-corrected chi connectivity index (χ0v) is 12.9. The molecule has 18 heavy (non-hydrogen) atoms. The monoisotopic (exact) mass is 282 g/mol. The zero-order chi connectivity index (χ0) is 13.5. The van der Waals surface area contributed by atoms with Gasteiger partial charge in [0.25, 0.3) is 0 Å². The highest BCUT2D eigenvalue weighted by Crippen LogP contribution is 2.19. The largest absolute Gasteiger partial charge is 0.383 e. The molecule has 0 aromatic heterocycles. The molecular formula is C12H27ClN2O3. The van der Waals surface area contributed by atoms with Crippen molar-refractivity contribution in [3.05, 3.63) is 0 Å². The van der Waals surface area contributed by atoms with Crippen LogP contribution < -0.4 is 5.73 Å². The van der Waals surface area contributed by atoms with Crippen LogP contribution in [0.2, 0.25) is 0 Å². The van der Waals surface area contributed by atoms with Crippen LogP contribution in [0.25, 0.3) is 0 Å². The van der Waals surface area contributed by atoms with E-state index in [1.54, 1.807) is 19.1 Å². The molecular weight excluding hydrogens is 256 g/mol. The topological polar surface area (TPSA) is 64.8 Å². The molecule has 0 aliphatic heterocycles. The van der Waals surface area contributed by atoms with E-state index in [9.17, 15) is 4.79 Å². The molecule has 1 atom stereocenters. The Hall–Kier alpha value is -0.360. The molecule has 0 aliphatic rings. The second-order valence-corrected chi connectivity index (χ2v) is 5.15. The minimum atomic E-state index is -0.504. The van der Waals surface area contributed by atoms with E-state index in [0.717, 1.165) is 0 Å². The number of amides is 1. The van der Waals surface area contributed by atoms with Crippen molar-refractivity contribution in [3.8, 4) is 0 Å². The number of halogens is 1. The lowest BCUT2D eigenvalue weighted by molar-refractivity contribution is -0.136. The number of rotatable bonds is 7. The summed E-state index contributed by atoms with van der Waals surface area (Å²) in [6.07, 6.45) is 0. The van der Waals surface area contributed by atoms with Crippen LogP contribution in [0.5, 0.6) is 0 Å². The molecule has 6 heteroatoms. The zero-order valence-electron chi connectivity index (χ0n) is 12.1. The molecule has 0 heterocycles. The normalized spacial score (nSPS) is 12.8. The van der Waals surface area contributed by atoms with Gasteiger partial charge in [0.2, 0.25) is 5.91 Å². The summed E-state index contributed by atoms with van der Waals surface area (Å²) in [6, 6.07) is -0.504. The van der Waals surface area contributed by atoms with E-state index in [1.807, 2.05) is 20.8 Å². The van der Waals surface area contributed by atoms with Gasteiger partial charge in [-0.15, -0.1) is 12.4 Å². The van der Waals surface area contributed by atoms with Crippen LogP contribution in [0.1, 0.15) is 20.8 Å². The molecule has 2 N–H and O–H groups in total. The molecule has 110 valence electrons. The molecule has 5 nitrogen and oxygen atoms in total. The number of nitrogens with two attached hydrogens (primary N) is 1. The van der Waals surface area contributed by atoms with Crippen molar-refractivity contribution in [2.24, 2.45) is 11.1 Å². The van der Waals surface area contributed by atoms with Gasteiger partial charge in [-0.05, 0) is 5.41 Å². The van der Waals surface area contributed by atoms with Gasteiger partial charge in [0.15, 0.2) is 0 Å². The van der Waals surface area contributed by atoms with Gasteiger partial charge in [0, 0.05) is 27.3 Å². The third kappa shape index (κ3) is 7.16. The molecule has 1 amide bonds. The second kappa shape index (κ2) is 9.55. The average Bonchev–Trinajstić information content (AvgIpc) is 2.26. The standard InChI is InChI=1S/C12H26N2O3.ClH/c1-12(2,3)10(13)11(15)14(6-8-16-4)7-9-17-5;/h10H,6-9,13H2,1-5H3;1H/t10-;/m1./s1. The minimum absolute atomic E-state index is 0. The average molecular weight is 283 g/mol. The second-order valence-electron chi connectivity index (χ2n) is 5.15. The van der Waals surface area contributed by atoms with Crippen molar-refractivity contribution in [2.75, 3.05) is 40.5 Å². The minimum Gasteiger partial charge on any atom is -0.383 e. The fourth-order valence-electron chi connectivity index (χ4n) is 1.30. The van der Waals surface area contributed by atoms with Crippen molar-refractivity contribution >= 4 is 18.3 Å². The van der Waals surface area contributed by atoms with Crippen LogP contribution in [0.15, 0.2) is 0 Å². The summed E-state index contributed by atoms with van der Waals surface area (Å²) in [5.74, 6) is -0.0494. The van der Waals surface area contributed by atoms with Gasteiger partial charge >= 0.3 is 0 Å². The lowest BCUT2D eigenvalue weighted by Crippen LogP contribution is -2.51. The number of hydrogen-bond acceptors (Lipinski definition) is 4. The lowest BCUT2D eigenvalue weighted by Gasteiger charge is -2.31. The summed E-state index contributed by atoms with van der Waals surface area (Å²) in [7, 11) is 3.23. The van der Waals surface area contributed by atoms with Gasteiger partial charge in [-0.3, -0.25) is 4.79 Å². The Morgan fingerprint density at radius 1 is 1.17 bits per heavy atom. The van der Waals surface area contributed by atoms with Gasteiger partial charge in [-0.2, -0.15) is 0 Å². The number of ether oxygens (including phenoxy) is 2. The Morgan fingerprint density at radius 3 is 1.83 bits per heavy atom. The van der Waals surface area contributed by atoms with Gasteiger partial charge in [0.1, 0.15) is 0 Å². The van der Waals surface area contributed by atoms with Crippen LogP contribution in [-0.2, 0) is 14.3 Å². The third-order valence-corrected chi connectivity index (χ3v) is 2.64. The van der Waals surface area contributed by atoms with E-state index in [-0.39, 0.29) is 23.7 Å². The van der Waals surface area contributed by atoms with Crippen molar-refractivity contribution < 1.29 is 14.3 Å². The maximum atomic E-state index is 12.2. The molecule has 0 fully saturated rings. The van der Waals surface area contributed by atoms with E-state index in [1.165, 1.54) is 0 Å². The number of carbonyl (C=O) groups is 1. The fraction of sp³-hybridized carbons (Fsp3) is 0.917. The SMILES string of the molecule is COCCN(CCOC)C(=O)[C@@H](N)C(C)(C)C.Cl. The molecule has 0 aliphatic carbocycles. The first-order chi connectivity index (χ1) is 7.84. The Kier molecular flexibility index (Phi) is 10.6. The summed E-state index contributed by atoms with van der Waals surface area (Å²) in [5, 5.41) is 0. The van der Waals surface area contributed by atoms with Crippen LogP contribution in [0.4, 0.5) is 0 Å². The number of nitrogens with zero attached hydrogens (tertiary/aromatic N) is 1. The summed E-state index contributed by atoms with van der Waals surface area (Å²) < 4.78 is 9.98. The highest BCUT2D eigenvalue weighted by atomic mass is 35.5. The quantitative estimate of drug-likeness (QED) is 0.754. The number of methoxy groups -OCH3 is 2. The van der Waals surface area contributed by atoms with Crippen molar-refractivity contribution in [3.63, 3.8) is 0 Å². The van der Waals surface area contributed by atoms with Crippen LogP contribution >= 0.6 is 12.4 Å². The van der Waals surface area contributed by atoms with Crippen molar-refractivity contribution in [2.45, 2.75) is 26.8 Å². The smallest absolute Gasteiger partial charge is 0.240 e. The molecule has 0 aromatic carbocycles. The molecule has 0 spiro atoms. The predicted molar refractivity (Wildman–Crippen MR) is 75.0 cm³/mol. The Bertz CT molecular complexity index is 224. The highest BCUT2D eigenvalue weighted by Gasteiger charge is 2.30. The molecule has 0 radical (unpaired) electrons. The molecule has 0 aromatic rings. The van der Waals surface area contributed by atoms with Crippen LogP contribution in [-0.4, -0.2) is 57.4 Å². The first kappa shape index (κ1) is 20.0. The van der Waals surface area contributed by atoms with Crippen LogP contribution in [0, 0.1) is 5.41 Å². The van der Waals surface area contributed by atoms with E-state index < -0.39 is 6.04 Å². The highest BCUT2D eigenvalue weighted by molar-refractivity contribution is 5.85. The Morgan fingerprint density at radius 2 is 1.56 bits per heavy atom. The van der Waals surface area contributed by atoms with Crippen molar-refractivity contribution in [1.29, 1.82) is 0 Å². The molecule has 0 unspecified atom stereocenters. The molecule has 0 rings (SSSR count). The summed E-state index contributed by atoms with van der Waals surface area (Å²) in [6.45, 7) is 7.98. The summed E-state index contributed by atoms with van der Waals surface area (Å²) >= 11 is 0. The van der Waals surface area contributed by atoms with E-state index in [4.69, 9.17) is 15.2 Å². The number of carbonyl (C=O) groups excluding carboxylic acids is 1. The first-order valence-corrected chi connectivity index (χ1v) is 5.86. The Balaban J connectivity index is 0. The van der Waals surface area contributed by atoms with E-state index in [0.29, 0.717) is 26.3 Å². The maximum absolute atomic E-state index is 12.2. The van der Waals surface area contributed by atoms with E-state index >= 15 is 0 Å². The van der Waals surface area contributed by atoms with Gasteiger partial charge in [-0.25, -0.2) is 0 Å². The Labute approximate surface area is 116 Å².